The molecule has 0 saturated heterocycles. The Balaban J connectivity index is 2.17. The van der Waals surface area contributed by atoms with E-state index in [0.717, 1.165) is 6.42 Å². The third-order valence-corrected chi connectivity index (χ3v) is 6.09. The van der Waals surface area contributed by atoms with Gasteiger partial charge in [-0.3, -0.25) is 0 Å². The van der Waals surface area contributed by atoms with E-state index in [2.05, 4.69) is 15.3 Å². The molecule has 1 heterocycles. The van der Waals surface area contributed by atoms with Crippen LogP contribution >= 0.6 is 11.6 Å². The van der Waals surface area contributed by atoms with Crippen LogP contribution in [0, 0.1) is 11.3 Å². The smallest absolute Gasteiger partial charge is 0.200 e. The van der Waals surface area contributed by atoms with Crippen molar-refractivity contribution in [3.63, 3.8) is 0 Å². The summed E-state index contributed by atoms with van der Waals surface area (Å²) in [4.78, 5) is 8.96. The average Bonchev–Trinajstić information content (AvgIpc) is 2.67. The molecule has 0 aliphatic rings. The number of anilines is 1. The molecule has 3 aromatic rings. The van der Waals surface area contributed by atoms with E-state index in [4.69, 9.17) is 11.6 Å². The van der Waals surface area contributed by atoms with Gasteiger partial charge >= 0.3 is 0 Å². The lowest BCUT2D eigenvalue weighted by atomic mass is 10.2. The van der Waals surface area contributed by atoms with Crippen LogP contribution < -0.4 is 5.32 Å². The number of nitrogens with zero attached hydrogens (tertiary/aromatic N) is 3. The Morgan fingerprint density at radius 2 is 1.74 bits per heavy atom. The fourth-order valence-corrected chi connectivity index (χ4v) is 4.12. The first kappa shape index (κ1) is 19.1. The Labute approximate surface area is 162 Å². The SMILES string of the molecule is CCCNc1nc2ccccc2nc1[C@H](C#N)S(=O)(=O)c1ccc(Cl)cc1. The van der Waals surface area contributed by atoms with Crippen LogP contribution in [0.5, 0.6) is 0 Å². The van der Waals surface area contributed by atoms with Crippen LogP contribution in [-0.4, -0.2) is 24.9 Å². The van der Waals surface area contributed by atoms with Gasteiger partial charge in [-0.25, -0.2) is 18.4 Å². The number of para-hydroxylation sites is 2. The van der Waals surface area contributed by atoms with E-state index >= 15 is 0 Å². The van der Waals surface area contributed by atoms with E-state index in [9.17, 15) is 13.7 Å². The highest BCUT2D eigenvalue weighted by atomic mass is 35.5. The van der Waals surface area contributed by atoms with Crippen molar-refractivity contribution in [3.8, 4) is 6.07 Å². The number of halogens is 1. The monoisotopic (exact) mass is 400 g/mol. The summed E-state index contributed by atoms with van der Waals surface area (Å²) in [6, 6.07) is 14.8. The molecule has 2 aromatic carbocycles. The number of benzene rings is 2. The molecule has 0 fully saturated rings. The number of fused-ring (bicyclic) bond motifs is 1. The molecule has 0 saturated carbocycles. The van der Waals surface area contributed by atoms with Crippen molar-refractivity contribution in [1.82, 2.24) is 9.97 Å². The van der Waals surface area contributed by atoms with E-state index < -0.39 is 15.1 Å². The lowest BCUT2D eigenvalue weighted by Crippen LogP contribution is -2.17. The summed E-state index contributed by atoms with van der Waals surface area (Å²) in [5, 5.41) is 11.7. The fraction of sp³-hybridized carbons (Fsp3) is 0.211. The molecule has 0 unspecified atom stereocenters. The van der Waals surface area contributed by atoms with Gasteiger partial charge in [-0.05, 0) is 42.8 Å². The summed E-state index contributed by atoms with van der Waals surface area (Å²) >= 11 is 5.85. The highest BCUT2D eigenvalue weighted by Gasteiger charge is 2.33. The van der Waals surface area contributed by atoms with E-state index in [1.165, 1.54) is 24.3 Å². The lowest BCUT2D eigenvalue weighted by molar-refractivity contribution is 0.590. The van der Waals surface area contributed by atoms with Crippen molar-refractivity contribution in [1.29, 1.82) is 5.26 Å². The molecule has 0 aliphatic carbocycles. The highest BCUT2D eigenvalue weighted by molar-refractivity contribution is 7.92. The third-order valence-electron chi connectivity index (χ3n) is 3.96. The van der Waals surface area contributed by atoms with Crippen molar-refractivity contribution >= 4 is 38.3 Å². The Bertz CT molecular complexity index is 1110. The molecular weight excluding hydrogens is 384 g/mol. The first-order valence-corrected chi connectivity index (χ1v) is 10.3. The summed E-state index contributed by atoms with van der Waals surface area (Å²) in [7, 11) is -4.00. The van der Waals surface area contributed by atoms with Crippen LogP contribution in [0.3, 0.4) is 0 Å². The second kappa shape index (κ2) is 7.91. The maximum Gasteiger partial charge on any atom is 0.200 e. The van der Waals surface area contributed by atoms with Gasteiger partial charge in [0.1, 0.15) is 5.69 Å². The standard InChI is InChI=1S/C19H17ClN4O2S/c1-2-11-22-19-18(23-15-5-3-4-6-16(15)24-19)17(12-21)27(25,26)14-9-7-13(20)8-10-14/h3-10,17H,2,11H2,1H3,(H,22,24)/t17-/m0/s1. The second-order valence-electron chi connectivity index (χ2n) is 5.88. The van der Waals surface area contributed by atoms with Crippen LogP contribution in [0.15, 0.2) is 53.4 Å². The molecule has 0 spiro atoms. The summed E-state index contributed by atoms with van der Waals surface area (Å²) < 4.78 is 26.2. The number of nitriles is 1. The van der Waals surface area contributed by atoms with Gasteiger partial charge in [-0.1, -0.05) is 30.7 Å². The predicted octanol–water partition coefficient (Wildman–Crippen LogP) is 4.14. The van der Waals surface area contributed by atoms with Gasteiger partial charge in [0.2, 0.25) is 9.84 Å². The number of rotatable bonds is 6. The minimum Gasteiger partial charge on any atom is -0.368 e. The Kier molecular flexibility index (Phi) is 5.59. The summed E-state index contributed by atoms with van der Waals surface area (Å²) in [6.07, 6.45) is 0.815. The van der Waals surface area contributed by atoms with Gasteiger partial charge in [-0.2, -0.15) is 5.26 Å². The summed E-state index contributed by atoms with van der Waals surface area (Å²) in [5.41, 5.74) is 1.25. The van der Waals surface area contributed by atoms with Crippen LogP contribution in [0.25, 0.3) is 11.0 Å². The molecule has 3 rings (SSSR count). The van der Waals surface area contributed by atoms with E-state index in [1.807, 2.05) is 19.1 Å². The Morgan fingerprint density at radius 3 is 2.33 bits per heavy atom. The van der Waals surface area contributed by atoms with Crippen molar-refractivity contribution in [2.24, 2.45) is 0 Å². The van der Waals surface area contributed by atoms with Gasteiger partial charge in [-0.15, -0.1) is 0 Å². The molecule has 6 nitrogen and oxygen atoms in total. The summed E-state index contributed by atoms with van der Waals surface area (Å²) in [6.45, 7) is 2.56. The number of aromatic nitrogens is 2. The quantitative estimate of drug-likeness (QED) is 0.667. The third kappa shape index (κ3) is 3.87. The molecule has 8 heteroatoms. The molecule has 0 aliphatic heterocycles. The molecule has 1 atom stereocenters. The zero-order valence-corrected chi connectivity index (χ0v) is 16.1. The van der Waals surface area contributed by atoms with Crippen LogP contribution in [-0.2, 0) is 9.84 Å². The minimum atomic E-state index is -4.00. The van der Waals surface area contributed by atoms with Gasteiger partial charge in [0.25, 0.3) is 0 Å². The van der Waals surface area contributed by atoms with Gasteiger partial charge in [0.05, 0.1) is 22.0 Å². The maximum atomic E-state index is 13.1. The molecule has 0 radical (unpaired) electrons. The topological polar surface area (TPSA) is 95.7 Å². The second-order valence-corrected chi connectivity index (χ2v) is 8.35. The highest BCUT2D eigenvalue weighted by Crippen LogP contribution is 2.32. The lowest BCUT2D eigenvalue weighted by Gasteiger charge is -2.16. The minimum absolute atomic E-state index is 0.00912. The largest absolute Gasteiger partial charge is 0.368 e. The molecule has 0 amide bonds. The first-order valence-electron chi connectivity index (χ1n) is 8.37. The molecule has 27 heavy (non-hydrogen) atoms. The zero-order valence-electron chi connectivity index (χ0n) is 14.6. The molecule has 0 bridgehead atoms. The van der Waals surface area contributed by atoms with Crippen molar-refractivity contribution < 1.29 is 8.42 Å². The van der Waals surface area contributed by atoms with Crippen molar-refractivity contribution in [2.45, 2.75) is 23.5 Å². The maximum absolute atomic E-state index is 13.1. The van der Waals surface area contributed by atoms with Crippen LogP contribution in [0.4, 0.5) is 5.82 Å². The zero-order chi connectivity index (χ0) is 19.4. The van der Waals surface area contributed by atoms with Crippen molar-refractivity contribution in [2.75, 3.05) is 11.9 Å². The number of nitrogens with one attached hydrogen (secondary N) is 1. The first-order chi connectivity index (χ1) is 13.0. The van der Waals surface area contributed by atoms with E-state index in [-0.39, 0.29) is 10.6 Å². The van der Waals surface area contributed by atoms with Gasteiger partial charge in [0.15, 0.2) is 11.1 Å². The number of sulfone groups is 1. The Hall–Kier alpha value is -2.69. The normalized spacial score (nSPS) is 12.5. The number of hydrogen-bond acceptors (Lipinski definition) is 6. The van der Waals surface area contributed by atoms with Crippen LogP contribution in [0.2, 0.25) is 5.02 Å². The van der Waals surface area contributed by atoms with Gasteiger partial charge < -0.3 is 5.32 Å². The fourth-order valence-electron chi connectivity index (χ4n) is 2.61. The Morgan fingerprint density at radius 1 is 1.11 bits per heavy atom. The molecule has 1 aromatic heterocycles. The molecular formula is C19H17ClN4O2S. The van der Waals surface area contributed by atoms with Gasteiger partial charge in [0, 0.05) is 11.6 Å². The van der Waals surface area contributed by atoms with E-state index in [0.29, 0.717) is 28.4 Å². The summed E-state index contributed by atoms with van der Waals surface area (Å²) in [5.74, 6) is 0.305. The van der Waals surface area contributed by atoms with Crippen LogP contribution in [0.1, 0.15) is 24.3 Å². The predicted molar refractivity (Wildman–Crippen MR) is 105 cm³/mol. The van der Waals surface area contributed by atoms with Crippen molar-refractivity contribution in [3.05, 3.63) is 59.2 Å². The number of hydrogen-bond donors (Lipinski definition) is 1. The average molecular weight is 401 g/mol. The van der Waals surface area contributed by atoms with E-state index in [1.54, 1.807) is 18.2 Å². The molecule has 1 N–H and O–H groups in total. The molecule has 138 valence electrons.